The molecular weight excluding hydrogens is 292 g/mol. The average Bonchev–Trinajstić information content (AvgIpc) is 2.82. The molecule has 0 atom stereocenters. The van der Waals surface area contributed by atoms with Crippen LogP contribution in [0.1, 0.15) is 10.4 Å². The minimum Gasteiger partial charge on any atom is -0.268 e. The number of hydrogen-bond acceptors (Lipinski definition) is 5. The maximum absolute atomic E-state index is 12.5. The highest BCUT2D eigenvalue weighted by atomic mass is 32.1. The van der Waals surface area contributed by atoms with E-state index in [1.54, 1.807) is 24.3 Å². The van der Waals surface area contributed by atoms with Crippen LogP contribution in [0.25, 0.3) is 10.2 Å². The fourth-order valence-corrected chi connectivity index (χ4v) is 2.91. The quantitative estimate of drug-likeness (QED) is 0.538. The zero-order chi connectivity index (χ0) is 15.0. The smallest absolute Gasteiger partial charge is 0.268 e. The Labute approximate surface area is 122 Å². The molecule has 1 aromatic heterocycles. The van der Waals surface area contributed by atoms with Crippen molar-refractivity contribution in [1.29, 1.82) is 0 Å². The van der Waals surface area contributed by atoms with E-state index in [-0.39, 0.29) is 11.3 Å². The number of rotatable bonds is 2. The lowest BCUT2D eigenvalue weighted by Crippen LogP contribution is -2.22. The lowest BCUT2D eigenvalue weighted by atomic mass is 10.2. The predicted octanol–water partition coefficient (Wildman–Crippen LogP) is 2.66. The van der Waals surface area contributed by atoms with Crippen LogP contribution in [0.5, 0.6) is 0 Å². The number of hydrogen-bond donors (Lipinski definition) is 0. The highest BCUT2D eigenvalue weighted by Gasteiger charge is 2.18. The van der Waals surface area contributed by atoms with Crippen LogP contribution in [0.4, 0.5) is 5.69 Å². The lowest BCUT2D eigenvalue weighted by molar-refractivity contribution is -0.384. The Morgan fingerprint density at radius 3 is 2.67 bits per heavy atom. The zero-order valence-corrected chi connectivity index (χ0v) is 11.4. The van der Waals surface area contributed by atoms with Crippen LogP contribution in [0.3, 0.4) is 0 Å². The maximum Gasteiger partial charge on any atom is 0.315 e. The highest BCUT2D eigenvalue weighted by Crippen LogP contribution is 2.19. The molecule has 104 valence electrons. The first-order valence-corrected chi connectivity index (χ1v) is 6.79. The van der Waals surface area contributed by atoms with Crippen LogP contribution < -0.4 is 4.87 Å². The average molecular weight is 300 g/mol. The molecule has 6 nitrogen and oxygen atoms in total. The molecule has 21 heavy (non-hydrogen) atoms. The summed E-state index contributed by atoms with van der Waals surface area (Å²) in [4.78, 5) is 34.2. The van der Waals surface area contributed by atoms with Gasteiger partial charge in [0.1, 0.15) is 0 Å². The summed E-state index contributed by atoms with van der Waals surface area (Å²) in [7, 11) is 0. The third-order valence-electron chi connectivity index (χ3n) is 2.99. The number of non-ortho nitro benzene ring substituents is 1. The summed E-state index contributed by atoms with van der Waals surface area (Å²) in [5.74, 6) is -0.568. The van der Waals surface area contributed by atoms with E-state index in [1.165, 1.54) is 24.3 Å². The lowest BCUT2D eigenvalue weighted by Gasteiger charge is -2.02. The topological polar surface area (TPSA) is 82.2 Å². The highest BCUT2D eigenvalue weighted by molar-refractivity contribution is 7.16. The monoisotopic (exact) mass is 300 g/mol. The number of nitro benzene ring substituents is 1. The Bertz CT molecular complexity index is 926. The van der Waals surface area contributed by atoms with Gasteiger partial charge in [-0.25, -0.2) is 4.57 Å². The van der Waals surface area contributed by atoms with Gasteiger partial charge in [0.15, 0.2) is 0 Å². The second kappa shape index (κ2) is 4.95. The third-order valence-corrected chi connectivity index (χ3v) is 3.92. The normalized spacial score (nSPS) is 10.7. The molecule has 0 aliphatic carbocycles. The minimum absolute atomic E-state index is 0.106. The molecule has 0 saturated carbocycles. The van der Waals surface area contributed by atoms with Crippen LogP contribution in [0.2, 0.25) is 0 Å². The van der Waals surface area contributed by atoms with Crippen LogP contribution in [0.15, 0.2) is 53.3 Å². The fraction of sp³-hybridized carbons (Fsp3) is 0. The molecule has 0 amide bonds. The summed E-state index contributed by atoms with van der Waals surface area (Å²) in [6.45, 7) is 0. The number of thiazole rings is 1. The van der Waals surface area contributed by atoms with E-state index in [0.29, 0.717) is 10.2 Å². The van der Waals surface area contributed by atoms with E-state index >= 15 is 0 Å². The minimum atomic E-state index is -0.578. The first-order valence-electron chi connectivity index (χ1n) is 5.97. The van der Waals surface area contributed by atoms with Crippen molar-refractivity contribution in [2.24, 2.45) is 0 Å². The fourth-order valence-electron chi connectivity index (χ4n) is 2.04. The van der Waals surface area contributed by atoms with E-state index in [9.17, 15) is 19.7 Å². The maximum atomic E-state index is 12.5. The number of aromatic nitrogens is 1. The van der Waals surface area contributed by atoms with Gasteiger partial charge in [-0.15, -0.1) is 0 Å². The molecule has 0 bridgehead atoms. The van der Waals surface area contributed by atoms with Crippen LogP contribution in [-0.2, 0) is 0 Å². The first-order chi connectivity index (χ1) is 10.1. The Kier molecular flexibility index (Phi) is 3.11. The molecule has 1 heterocycles. The van der Waals surface area contributed by atoms with Gasteiger partial charge < -0.3 is 0 Å². The van der Waals surface area contributed by atoms with Crippen molar-refractivity contribution in [3.8, 4) is 0 Å². The first kappa shape index (κ1) is 13.2. The van der Waals surface area contributed by atoms with Gasteiger partial charge >= 0.3 is 4.87 Å². The molecule has 0 N–H and O–H groups in total. The Morgan fingerprint density at radius 1 is 1.14 bits per heavy atom. The molecule has 7 heteroatoms. The van der Waals surface area contributed by atoms with Gasteiger partial charge in [-0.05, 0) is 18.2 Å². The van der Waals surface area contributed by atoms with Gasteiger partial charge in [-0.2, -0.15) is 0 Å². The Morgan fingerprint density at radius 2 is 1.90 bits per heavy atom. The Balaban J connectivity index is 2.17. The van der Waals surface area contributed by atoms with Crippen LogP contribution in [0, 0.1) is 10.1 Å². The summed E-state index contributed by atoms with van der Waals surface area (Å²) in [6, 6.07) is 12.3. The second-order valence-electron chi connectivity index (χ2n) is 4.28. The summed E-state index contributed by atoms with van der Waals surface area (Å²) in [6.07, 6.45) is 0. The standard InChI is InChI=1S/C14H8N2O4S/c17-13(9-4-3-5-10(8-9)16(19)20)15-11-6-1-2-7-12(11)21-14(15)18/h1-8H. The van der Waals surface area contributed by atoms with E-state index in [0.717, 1.165) is 15.9 Å². The predicted molar refractivity (Wildman–Crippen MR) is 78.9 cm³/mol. The molecule has 0 fully saturated rings. The van der Waals surface area contributed by atoms with Gasteiger partial charge in [-0.1, -0.05) is 29.5 Å². The van der Waals surface area contributed by atoms with Crippen molar-refractivity contribution in [2.45, 2.75) is 0 Å². The SMILES string of the molecule is O=C(c1cccc([N+](=O)[O-])c1)n1c(=O)sc2ccccc21. The van der Waals surface area contributed by atoms with Crippen LogP contribution in [-0.4, -0.2) is 15.4 Å². The van der Waals surface area contributed by atoms with Crippen molar-refractivity contribution < 1.29 is 9.72 Å². The van der Waals surface area contributed by atoms with Gasteiger partial charge in [0.05, 0.1) is 15.1 Å². The van der Waals surface area contributed by atoms with Gasteiger partial charge in [0.2, 0.25) is 0 Å². The summed E-state index contributed by atoms with van der Waals surface area (Å²) >= 11 is 0.965. The van der Waals surface area contributed by atoms with E-state index in [1.807, 2.05) is 0 Å². The summed E-state index contributed by atoms with van der Waals surface area (Å²) in [5, 5.41) is 10.8. The number of nitro groups is 1. The molecule has 2 aromatic carbocycles. The van der Waals surface area contributed by atoms with E-state index in [4.69, 9.17) is 0 Å². The molecule has 0 spiro atoms. The van der Waals surface area contributed by atoms with Crippen molar-refractivity contribution in [3.05, 3.63) is 73.9 Å². The molecule has 0 aliphatic rings. The molecule has 3 rings (SSSR count). The number of fused-ring (bicyclic) bond motifs is 1. The number of nitrogens with zero attached hydrogens (tertiary/aromatic N) is 2. The molecule has 0 unspecified atom stereocenters. The van der Waals surface area contributed by atoms with Gasteiger partial charge in [0, 0.05) is 17.7 Å². The summed E-state index contributed by atoms with van der Waals surface area (Å²) in [5.41, 5.74) is 0.423. The second-order valence-corrected chi connectivity index (χ2v) is 5.28. The van der Waals surface area contributed by atoms with Crippen molar-refractivity contribution >= 4 is 33.1 Å². The van der Waals surface area contributed by atoms with E-state index in [2.05, 4.69) is 0 Å². The number of benzene rings is 2. The number of carbonyl (C=O) groups is 1. The molecular formula is C14H8N2O4S. The number of para-hydroxylation sites is 1. The van der Waals surface area contributed by atoms with E-state index < -0.39 is 15.7 Å². The molecule has 0 aliphatic heterocycles. The molecule has 0 radical (unpaired) electrons. The zero-order valence-electron chi connectivity index (χ0n) is 10.6. The van der Waals surface area contributed by atoms with Gasteiger partial charge in [-0.3, -0.25) is 19.7 Å². The number of carbonyl (C=O) groups excluding carboxylic acids is 1. The third kappa shape index (κ3) is 2.23. The van der Waals surface area contributed by atoms with Crippen molar-refractivity contribution in [2.75, 3.05) is 0 Å². The largest absolute Gasteiger partial charge is 0.315 e. The van der Waals surface area contributed by atoms with Crippen molar-refractivity contribution in [3.63, 3.8) is 0 Å². The van der Waals surface area contributed by atoms with Crippen molar-refractivity contribution in [1.82, 2.24) is 4.57 Å². The van der Waals surface area contributed by atoms with Crippen LogP contribution >= 0.6 is 11.3 Å². The molecule has 0 saturated heterocycles. The Hall–Kier alpha value is -2.80. The summed E-state index contributed by atoms with van der Waals surface area (Å²) < 4.78 is 1.74. The molecule has 3 aromatic rings. The van der Waals surface area contributed by atoms with Gasteiger partial charge in [0.25, 0.3) is 11.6 Å².